The highest BCUT2D eigenvalue weighted by molar-refractivity contribution is 7.89. The molecule has 6 N–H and O–H groups in total. The number of amides is 2. The molecular formula is C16H14N6O5S2. The molecular weight excluding hydrogens is 420 g/mol. The average molecular weight is 434 g/mol. The molecule has 0 atom stereocenters. The van der Waals surface area contributed by atoms with Gasteiger partial charge in [0.2, 0.25) is 15.9 Å². The molecule has 2 aromatic carbocycles. The van der Waals surface area contributed by atoms with E-state index in [4.69, 9.17) is 10.9 Å². The minimum absolute atomic E-state index is 0.0518. The lowest BCUT2D eigenvalue weighted by Crippen LogP contribution is -2.12. The number of carbonyl (C=O) groups excluding carboxylic acids is 2. The van der Waals surface area contributed by atoms with Gasteiger partial charge in [-0.2, -0.15) is 4.37 Å². The quantitative estimate of drug-likeness (QED) is 0.444. The number of benzene rings is 2. The van der Waals surface area contributed by atoms with Gasteiger partial charge in [0.15, 0.2) is 5.00 Å². The van der Waals surface area contributed by atoms with Crippen LogP contribution in [0, 0.1) is 0 Å². The Morgan fingerprint density at radius 3 is 2.55 bits per heavy atom. The van der Waals surface area contributed by atoms with Crippen molar-refractivity contribution in [2.24, 2.45) is 21.1 Å². The van der Waals surface area contributed by atoms with Crippen molar-refractivity contribution in [3.63, 3.8) is 0 Å². The Balaban J connectivity index is 2.10. The second-order valence-corrected chi connectivity index (χ2v) is 8.16. The van der Waals surface area contributed by atoms with Crippen molar-refractivity contribution in [2.45, 2.75) is 11.8 Å². The molecule has 1 aromatic heterocycles. The fourth-order valence-corrected chi connectivity index (χ4v) is 3.63. The summed E-state index contributed by atoms with van der Waals surface area (Å²) in [6, 6.07) is 6.43. The molecule has 3 rings (SSSR count). The maximum absolute atomic E-state index is 11.6. The number of nitrogens with one attached hydrogen (secondary N) is 1. The van der Waals surface area contributed by atoms with Crippen LogP contribution in [-0.2, 0) is 14.8 Å². The van der Waals surface area contributed by atoms with Crippen LogP contribution in [0.5, 0.6) is 5.75 Å². The summed E-state index contributed by atoms with van der Waals surface area (Å²) in [6.07, 6.45) is 0. The molecule has 150 valence electrons. The molecule has 1 heterocycles. The first-order chi connectivity index (χ1) is 13.6. The lowest BCUT2D eigenvalue weighted by atomic mass is 10.1. The predicted octanol–water partition coefficient (Wildman–Crippen LogP) is 2.12. The standard InChI is InChI=1S/C16H14N6O5S2/c1-7(23)19-12-6-14(24)10(15(17)25)5-13(12)20-21-16-9-4-8(29(18,26)27)2-3-11(9)22-28-16/h2-6,24H,1H3,(H2,17,25)(H,19,23)(H2,18,26,27)/b21-20+. The van der Waals surface area contributed by atoms with E-state index in [0.29, 0.717) is 10.9 Å². The summed E-state index contributed by atoms with van der Waals surface area (Å²) >= 11 is 0.960. The van der Waals surface area contributed by atoms with Gasteiger partial charge in [-0.25, -0.2) is 13.6 Å². The van der Waals surface area contributed by atoms with Gasteiger partial charge in [-0.3, -0.25) is 9.59 Å². The van der Waals surface area contributed by atoms with Crippen LogP contribution in [0.15, 0.2) is 45.5 Å². The third-order valence-corrected chi connectivity index (χ3v) is 5.37. The van der Waals surface area contributed by atoms with Gasteiger partial charge in [0.05, 0.1) is 21.7 Å². The van der Waals surface area contributed by atoms with E-state index in [2.05, 4.69) is 19.9 Å². The second-order valence-electron chi connectivity index (χ2n) is 5.84. The molecule has 0 saturated heterocycles. The number of aromatic nitrogens is 1. The number of phenols is 1. The smallest absolute Gasteiger partial charge is 0.252 e. The van der Waals surface area contributed by atoms with Crippen molar-refractivity contribution in [3.8, 4) is 5.75 Å². The van der Waals surface area contributed by atoms with E-state index in [0.717, 1.165) is 17.6 Å². The Morgan fingerprint density at radius 2 is 1.93 bits per heavy atom. The molecule has 0 unspecified atom stereocenters. The van der Waals surface area contributed by atoms with Crippen molar-refractivity contribution in [2.75, 3.05) is 5.32 Å². The normalized spacial score (nSPS) is 11.8. The van der Waals surface area contributed by atoms with Gasteiger partial charge in [0, 0.05) is 18.4 Å². The van der Waals surface area contributed by atoms with Crippen molar-refractivity contribution < 1.29 is 23.1 Å². The maximum atomic E-state index is 11.6. The molecule has 13 heteroatoms. The van der Waals surface area contributed by atoms with E-state index < -0.39 is 27.6 Å². The molecule has 2 amide bonds. The van der Waals surface area contributed by atoms with Crippen LogP contribution in [0.4, 0.5) is 16.4 Å². The topological polar surface area (TPSA) is 190 Å². The fraction of sp³-hybridized carbons (Fsp3) is 0.0625. The number of azo groups is 1. The number of anilines is 1. The summed E-state index contributed by atoms with van der Waals surface area (Å²) in [7, 11) is -3.92. The molecule has 11 nitrogen and oxygen atoms in total. The third kappa shape index (κ3) is 4.37. The molecule has 0 spiro atoms. The Morgan fingerprint density at radius 1 is 1.21 bits per heavy atom. The highest BCUT2D eigenvalue weighted by Gasteiger charge is 2.15. The van der Waals surface area contributed by atoms with Gasteiger partial charge >= 0.3 is 0 Å². The summed E-state index contributed by atoms with van der Waals surface area (Å²) in [5.74, 6) is -1.76. The number of nitrogens with zero attached hydrogens (tertiary/aromatic N) is 3. The van der Waals surface area contributed by atoms with Crippen LogP contribution >= 0.6 is 11.5 Å². The summed E-state index contributed by atoms with van der Waals surface area (Å²) in [5.41, 5.74) is 5.65. The summed E-state index contributed by atoms with van der Waals surface area (Å²) in [5, 5.41) is 26.2. The molecule has 0 aliphatic heterocycles. The SMILES string of the molecule is CC(=O)Nc1cc(O)c(C(N)=O)cc1/N=N/c1snc2ccc(S(N)(=O)=O)cc12. The van der Waals surface area contributed by atoms with Crippen molar-refractivity contribution in [1.29, 1.82) is 0 Å². The maximum Gasteiger partial charge on any atom is 0.252 e. The number of hydrogen-bond acceptors (Lipinski definition) is 9. The number of aromatic hydroxyl groups is 1. The summed E-state index contributed by atoms with van der Waals surface area (Å²) < 4.78 is 27.3. The fourth-order valence-electron chi connectivity index (χ4n) is 2.40. The average Bonchev–Trinajstić information content (AvgIpc) is 3.02. The van der Waals surface area contributed by atoms with E-state index in [1.807, 2.05) is 0 Å². The lowest BCUT2D eigenvalue weighted by molar-refractivity contribution is -0.114. The third-order valence-electron chi connectivity index (χ3n) is 3.70. The summed E-state index contributed by atoms with van der Waals surface area (Å²) in [4.78, 5) is 22.8. The lowest BCUT2D eigenvalue weighted by Gasteiger charge is -2.08. The number of primary amides is 1. The van der Waals surface area contributed by atoms with Crippen LogP contribution in [0.3, 0.4) is 0 Å². The number of carbonyl (C=O) groups is 2. The molecule has 0 saturated carbocycles. The minimum atomic E-state index is -3.92. The number of hydrogen-bond donors (Lipinski definition) is 4. The zero-order chi connectivity index (χ0) is 21.3. The van der Waals surface area contributed by atoms with Crippen LogP contribution in [0.2, 0.25) is 0 Å². The number of fused-ring (bicyclic) bond motifs is 1. The van der Waals surface area contributed by atoms with Gasteiger partial charge in [0.1, 0.15) is 11.4 Å². The molecule has 0 aliphatic rings. The van der Waals surface area contributed by atoms with Gasteiger partial charge in [-0.05, 0) is 35.8 Å². The van der Waals surface area contributed by atoms with E-state index >= 15 is 0 Å². The van der Waals surface area contributed by atoms with Crippen molar-refractivity contribution >= 4 is 60.6 Å². The monoisotopic (exact) mass is 434 g/mol. The molecule has 3 aromatic rings. The van der Waals surface area contributed by atoms with E-state index in [-0.39, 0.29) is 26.8 Å². The van der Waals surface area contributed by atoms with Gasteiger partial charge in [0.25, 0.3) is 5.91 Å². The largest absolute Gasteiger partial charge is 0.507 e. The summed E-state index contributed by atoms with van der Waals surface area (Å²) in [6.45, 7) is 1.26. The molecule has 0 aliphatic carbocycles. The predicted molar refractivity (Wildman–Crippen MR) is 106 cm³/mol. The first kappa shape index (κ1) is 20.3. The van der Waals surface area contributed by atoms with Gasteiger partial charge in [-0.1, -0.05) is 0 Å². The highest BCUT2D eigenvalue weighted by Crippen LogP contribution is 2.37. The zero-order valence-corrected chi connectivity index (χ0v) is 16.4. The van der Waals surface area contributed by atoms with Crippen molar-refractivity contribution in [3.05, 3.63) is 35.9 Å². The highest BCUT2D eigenvalue weighted by atomic mass is 32.2. The molecule has 0 radical (unpaired) electrons. The van der Waals surface area contributed by atoms with Gasteiger partial charge in [-0.15, -0.1) is 10.2 Å². The zero-order valence-electron chi connectivity index (χ0n) is 14.8. The van der Waals surface area contributed by atoms with Crippen LogP contribution < -0.4 is 16.2 Å². The van der Waals surface area contributed by atoms with E-state index in [1.165, 1.54) is 31.2 Å². The number of primary sulfonamides is 1. The first-order valence-corrected chi connectivity index (χ1v) is 10.2. The first-order valence-electron chi connectivity index (χ1n) is 7.84. The number of rotatable bonds is 5. The second kappa shape index (κ2) is 7.54. The molecule has 0 bridgehead atoms. The number of nitrogens with two attached hydrogens (primary N) is 2. The van der Waals surface area contributed by atoms with Crippen LogP contribution in [0.1, 0.15) is 17.3 Å². The van der Waals surface area contributed by atoms with Crippen LogP contribution in [-0.4, -0.2) is 29.7 Å². The van der Waals surface area contributed by atoms with E-state index in [9.17, 15) is 23.1 Å². The number of sulfonamides is 1. The van der Waals surface area contributed by atoms with Gasteiger partial charge < -0.3 is 16.2 Å². The minimum Gasteiger partial charge on any atom is -0.507 e. The van der Waals surface area contributed by atoms with Crippen LogP contribution in [0.25, 0.3) is 10.9 Å². The molecule has 0 fully saturated rings. The van der Waals surface area contributed by atoms with E-state index in [1.54, 1.807) is 0 Å². The Labute approximate surface area is 168 Å². The van der Waals surface area contributed by atoms with Crippen molar-refractivity contribution in [1.82, 2.24) is 4.37 Å². The Bertz CT molecular complexity index is 1280. The Kier molecular flexibility index (Phi) is 5.28. The Hall–Kier alpha value is -3.42. The molecule has 29 heavy (non-hydrogen) atoms.